The lowest BCUT2D eigenvalue weighted by molar-refractivity contribution is 0.0636. The number of carbonyl (C=O) groups is 2. The number of halogens is 2. The maximum absolute atomic E-state index is 13.3. The Morgan fingerprint density at radius 3 is 2.56 bits per heavy atom. The van der Waals surface area contributed by atoms with Crippen LogP contribution in [-0.2, 0) is 4.74 Å². The van der Waals surface area contributed by atoms with Crippen molar-refractivity contribution in [3.8, 4) is 0 Å². The van der Waals surface area contributed by atoms with Gasteiger partial charge in [0.2, 0.25) is 0 Å². The van der Waals surface area contributed by atoms with Gasteiger partial charge in [-0.2, -0.15) is 0 Å². The molecule has 0 heterocycles. The zero-order chi connectivity index (χ0) is 13.9. The minimum atomic E-state index is -0.763. The molecule has 4 nitrogen and oxygen atoms in total. The fraction of sp³-hybridized carbons (Fsp3) is 0.333. The Kier molecular flexibility index (Phi) is 4.29. The van der Waals surface area contributed by atoms with Gasteiger partial charge in [0.05, 0.1) is 16.3 Å². The van der Waals surface area contributed by atoms with Gasteiger partial charge in [-0.05, 0) is 32.9 Å². The van der Waals surface area contributed by atoms with E-state index in [0.29, 0.717) is 6.29 Å². The van der Waals surface area contributed by atoms with Gasteiger partial charge in [0.25, 0.3) is 0 Å². The predicted octanol–water partition coefficient (Wildman–Crippen LogP) is 3.64. The zero-order valence-electron chi connectivity index (χ0n) is 10.2. The average Bonchev–Trinajstić information content (AvgIpc) is 2.20. The van der Waals surface area contributed by atoms with E-state index in [4.69, 9.17) is 16.3 Å². The lowest BCUT2D eigenvalue weighted by Crippen LogP contribution is -2.27. The van der Waals surface area contributed by atoms with Crippen LogP contribution in [0.3, 0.4) is 0 Å². The molecule has 1 rings (SSSR count). The number of benzene rings is 1. The van der Waals surface area contributed by atoms with Crippen molar-refractivity contribution in [3.63, 3.8) is 0 Å². The monoisotopic (exact) mass is 273 g/mol. The highest BCUT2D eigenvalue weighted by atomic mass is 35.5. The number of hydrogen-bond acceptors (Lipinski definition) is 3. The first-order valence-corrected chi connectivity index (χ1v) is 5.55. The van der Waals surface area contributed by atoms with Crippen molar-refractivity contribution < 1.29 is 18.7 Å². The standard InChI is InChI=1S/C12H13ClFNO3/c1-12(2,3)18-11(17)15-10-5-9(14)7(6-16)4-8(10)13/h4-6H,1-3H3,(H,15,17). The molecule has 0 bridgehead atoms. The Morgan fingerprint density at radius 1 is 1.44 bits per heavy atom. The van der Waals surface area contributed by atoms with Gasteiger partial charge >= 0.3 is 6.09 Å². The molecule has 0 fully saturated rings. The molecule has 0 aliphatic rings. The van der Waals surface area contributed by atoms with Crippen LogP contribution in [0, 0.1) is 5.82 Å². The van der Waals surface area contributed by atoms with E-state index in [9.17, 15) is 14.0 Å². The van der Waals surface area contributed by atoms with Crippen molar-refractivity contribution >= 4 is 29.7 Å². The number of carbonyl (C=O) groups excluding carboxylic acids is 2. The summed E-state index contributed by atoms with van der Waals surface area (Å²) < 4.78 is 18.3. The van der Waals surface area contributed by atoms with Crippen molar-refractivity contribution in [1.82, 2.24) is 0 Å². The van der Waals surface area contributed by atoms with Crippen LogP contribution in [-0.4, -0.2) is 18.0 Å². The molecule has 18 heavy (non-hydrogen) atoms. The van der Waals surface area contributed by atoms with Gasteiger partial charge in [-0.3, -0.25) is 10.1 Å². The molecule has 1 aromatic carbocycles. The van der Waals surface area contributed by atoms with Crippen molar-refractivity contribution in [2.75, 3.05) is 5.32 Å². The fourth-order valence-corrected chi connectivity index (χ4v) is 1.38. The molecule has 0 saturated carbocycles. The highest BCUT2D eigenvalue weighted by molar-refractivity contribution is 6.33. The van der Waals surface area contributed by atoms with Crippen molar-refractivity contribution in [2.45, 2.75) is 26.4 Å². The largest absolute Gasteiger partial charge is 0.444 e. The van der Waals surface area contributed by atoms with E-state index < -0.39 is 17.5 Å². The molecule has 1 aromatic rings. The van der Waals surface area contributed by atoms with Gasteiger partial charge in [-0.25, -0.2) is 9.18 Å². The first-order valence-electron chi connectivity index (χ1n) is 5.17. The number of hydrogen-bond donors (Lipinski definition) is 1. The maximum Gasteiger partial charge on any atom is 0.412 e. The first kappa shape index (κ1) is 14.4. The van der Waals surface area contributed by atoms with E-state index in [2.05, 4.69) is 5.32 Å². The van der Waals surface area contributed by atoms with Gasteiger partial charge < -0.3 is 4.74 Å². The highest BCUT2D eigenvalue weighted by Gasteiger charge is 2.18. The molecular formula is C12H13ClFNO3. The Morgan fingerprint density at radius 2 is 2.06 bits per heavy atom. The van der Waals surface area contributed by atoms with Crippen LogP contribution in [0.5, 0.6) is 0 Å². The van der Waals surface area contributed by atoms with Crippen LogP contribution < -0.4 is 5.32 Å². The topological polar surface area (TPSA) is 55.4 Å². The molecule has 0 saturated heterocycles. The second-order valence-electron chi connectivity index (χ2n) is 4.60. The quantitative estimate of drug-likeness (QED) is 0.837. The summed E-state index contributed by atoms with van der Waals surface area (Å²) in [4.78, 5) is 22.0. The molecule has 1 N–H and O–H groups in total. The van der Waals surface area contributed by atoms with E-state index in [-0.39, 0.29) is 16.3 Å². The smallest absolute Gasteiger partial charge is 0.412 e. The third-order valence-corrected chi connectivity index (χ3v) is 2.16. The number of nitrogens with one attached hydrogen (secondary N) is 1. The van der Waals surface area contributed by atoms with Gasteiger partial charge in [0.15, 0.2) is 6.29 Å². The van der Waals surface area contributed by atoms with E-state index in [0.717, 1.165) is 12.1 Å². The number of aldehydes is 1. The Bertz CT molecular complexity index is 483. The summed E-state index contributed by atoms with van der Waals surface area (Å²) in [6, 6.07) is 2.10. The van der Waals surface area contributed by atoms with Crippen LogP contribution in [0.4, 0.5) is 14.9 Å². The molecule has 0 aromatic heterocycles. The summed E-state index contributed by atoms with van der Waals surface area (Å²) in [5.41, 5.74) is -0.790. The van der Waals surface area contributed by atoms with Gasteiger partial charge in [-0.1, -0.05) is 11.6 Å². The number of amides is 1. The van der Waals surface area contributed by atoms with E-state index >= 15 is 0 Å². The van der Waals surface area contributed by atoms with E-state index in [1.165, 1.54) is 0 Å². The van der Waals surface area contributed by atoms with Crippen LogP contribution in [0.2, 0.25) is 5.02 Å². The average molecular weight is 274 g/mol. The van der Waals surface area contributed by atoms with E-state index in [1.54, 1.807) is 20.8 Å². The van der Waals surface area contributed by atoms with Crippen LogP contribution in [0.15, 0.2) is 12.1 Å². The zero-order valence-corrected chi connectivity index (χ0v) is 11.0. The van der Waals surface area contributed by atoms with Gasteiger partial charge in [0, 0.05) is 0 Å². The number of ether oxygens (including phenoxy) is 1. The Hall–Kier alpha value is -1.62. The van der Waals surface area contributed by atoms with Crippen LogP contribution in [0.25, 0.3) is 0 Å². The lowest BCUT2D eigenvalue weighted by Gasteiger charge is -2.20. The SMILES string of the molecule is CC(C)(C)OC(=O)Nc1cc(F)c(C=O)cc1Cl. The second-order valence-corrected chi connectivity index (χ2v) is 5.01. The molecule has 0 aliphatic heterocycles. The molecule has 6 heteroatoms. The summed E-state index contributed by atoms with van der Waals surface area (Å²) in [5, 5.41) is 2.37. The van der Waals surface area contributed by atoms with Crippen molar-refractivity contribution in [3.05, 3.63) is 28.5 Å². The third-order valence-electron chi connectivity index (χ3n) is 1.85. The second kappa shape index (κ2) is 5.35. The van der Waals surface area contributed by atoms with Gasteiger partial charge in [0.1, 0.15) is 11.4 Å². The Labute approximate surface area is 109 Å². The van der Waals surface area contributed by atoms with Crippen molar-refractivity contribution in [2.24, 2.45) is 0 Å². The molecule has 0 spiro atoms. The molecule has 1 amide bonds. The van der Waals surface area contributed by atoms with Crippen LogP contribution >= 0.6 is 11.6 Å². The van der Waals surface area contributed by atoms with Gasteiger partial charge in [-0.15, -0.1) is 0 Å². The normalized spacial score (nSPS) is 10.9. The molecule has 98 valence electrons. The fourth-order valence-electron chi connectivity index (χ4n) is 1.16. The van der Waals surface area contributed by atoms with E-state index in [1.807, 2.05) is 0 Å². The lowest BCUT2D eigenvalue weighted by atomic mass is 10.2. The minimum Gasteiger partial charge on any atom is -0.444 e. The Balaban J connectivity index is 2.89. The summed E-state index contributed by atoms with van der Waals surface area (Å²) in [6.45, 7) is 5.10. The van der Waals surface area contributed by atoms with Crippen molar-refractivity contribution in [1.29, 1.82) is 0 Å². The number of rotatable bonds is 2. The first-order chi connectivity index (χ1) is 8.23. The summed E-state index contributed by atoms with van der Waals surface area (Å²) in [5.74, 6) is -0.763. The molecule has 0 radical (unpaired) electrons. The summed E-state index contributed by atoms with van der Waals surface area (Å²) in [6.07, 6.45) is -0.402. The summed E-state index contributed by atoms with van der Waals surface area (Å²) in [7, 11) is 0. The third kappa shape index (κ3) is 4.00. The molecule has 0 aliphatic carbocycles. The maximum atomic E-state index is 13.3. The predicted molar refractivity (Wildman–Crippen MR) is 66.7 cm³/mol. The molecule has 0 unspecified atom stereocenters. The molecule has 0 atom stereocenters. The summed E-state index contributed by atoms with van der Waals surface area (Å²) >= 11 is 5.80. The number of anilines is 1. The molecular weight excluding hydrogens is 261 g/mol. The highest BCUT2D eigenvalue weighted by Crippen LogP contribution is 2.25. The minimum absolute atomic E-state index is 0.0500. The van der Waals surface area contributed by atoms with Crippen LogP contribution in [0.1, 0.15) is 31.1 Å².